The molecule has 8 nitrogen and oxygen atoms in total. The van der Waals surface area contributed by atoms with E-state index >= 15 is 0 Å². The number of nitrogens with two attached hydrogens (primary N) is 1. The Morgan fingerprint density at radius 3 is 2.16 bits per heavy atom. The van der Waals surface area contributed by atoms with Gasteiger partial charge in [0.05, 0.1) is 0 Å². The van der Waals surface area contributed by atoms with Crippen LogP contribution in [-0.4, -0.2) is 46.1 Å². The third-order valence-corrected chi connectivity index (χ3v) is 4.59. The summed E-state index contributed by atoms with van der Waals surface area (Å²) in [4.78, 5) is 40.5. The monoisotopic (exact) mass is 343 g/mol. The van der Waals surface area contributed by atoms with Gasteiger partial charge in [-0.15, -0.1) is 0 Å². The van der Waals surface area contributed by atoms with Gasteiger partial charge in [0.1, 0.15) is 11.5 Å². The fourth-order valence-electron chi connectivity index (χ4n) is 3.04. The average molecular weight is 343 g/mol. The van der Waals surface area contributed by atoms with E-state index in [1.165, 1.54) is 18.7 Å². The van der Waals surface area contributed by atoms with E-state index in [-0.39, 0.29) is 11.7 Å². The number of carbonyl (C=O) groups excluding carboxylic acids is 1. The maximum absolute atomic E-state index is 12.5. The van der Waals surface area contributed by atoms with Crippen molar-refractivity contribution < 1.29 is 4.79 Å². The Bertz CT molecular complexity index is 908. The van der Waals surface area contributed by atoms with Crippen LogP contribution in [0, 0.1) is 0 Å². The quantitative estimate of drug-likeness (QED) is 0.803. The van der Waals surface area contributed by atoms with Crippen LogP contribution in [0.4, 0.5) is 11.5 Å². The molecule has 3 rings (SSSR count). The summed E-state index contributed by atoms with van der Waals surface area (Å²) in [7, 11) is 2.97. The molecule has 1 amide bonds. The van der Waals surface area contributed by atoms with E-state index in [9.17, 15) is 14.4 Å². The molecule has 0 bridgehead atoms. The zero-order valence-electron chi connectivity index (χ0n) is 14.3. The number of piperazine rings is 1. The Balaban J connectivity index is 1.81. The molecule has 0 saturated carbocycles. The predicted molar refractivity (Wildman–Crippen MR) is 95.9 cm³/mol. The van der Waals surface area contributed by atoms with E-state index in [1.54, 1.807) is 17.0 Å². The van der Waals surface area contributed by atoms with Crippen molar-refractivity contribution in [3.05, 3.63) is 56.7 Å². The van der Waals surface area contributed by atoms with E-state index in [2.05, 4.69) is 0 Å². The lowest BCUT2D eigenvalue weighted by Crippen LogP contribution is -2.52. The molecule has 1 saturated heterocycles. The van der Waals surface area contributed by atoms with Gasteiger partial charge in [-0.25, -0.2) is 4.79 Å². The normalized spacial score (nSPS) is 14.6. The zero-order chi connectivity index (χ0) is 18.1. The standard InChI is InChI=1S/C17H21N5O3/c1-19-14(18)13(16(24)20(2)17(19)25)21-8-10-22(11-9-21)15(23)12-6-4-3-5-7-12/h3-7H,8-11,18H2,1-2H3. The van der Waals surface area contributed by atoms with Crippen molar-refractivity contribution in [1.29, 1.82) is 0 Å². The van der Waals surface area contributed by atoms with Crippen LogP contribution in [-0.2, 0) is 14.1 Å². The number of nitrogens with zero attached hydrogens (tertiary/aromatic N) is 4. The van der Waals surface area contributed by atoms with E-state index in [0.29, 0.717) is 37.4 Å². The lowest BCUT2D eigenvalue weighted by molar-refractivity contribution is 0.0746. The molecule has 2 heterocycles. The maximum Gasteiger partial charge on any atom is 0.332 e. The van der Waals surface area contributed by atoms with E-state index < -0.39 is 11.2 Å². The van der Waals surface area contributed by atoms with Crippen LogP contribution in [0.15, 0.2) is 39.9 Å². The predicted octanol–water partition coefficient (Wildman–Crippen LogP) is -0.371. The molecule has 1 aliphatic rings. The van der Waals surface area contributed by atoms with Gasteiger partial charge in [0, 0.05) is 45.8 Å². The highest BCUT2D eigenvalue weighted by molar-refractivity contribution is 5.94. The second kappa shape index (κ2) is 6.46. The molecule has 1 aromatic heterocycles. The molecule has 1 aliphatic heterocycles. The first kappa shape index (κ1) is 16.8. The third kappa shape index (κ3) is 2.90. The summed E-state index contributed by atoms with van der Waals surface area (Å²) in [5.41, 5.74) is 6.09. The largest absolute Gasteiger partial charge is 0.383 e. The van der Waals surface area contributed by atoms with Crippen LogP contribution in [0.1, 0.15) is 10.4 Å². The molecule has 132 valence electrons. The fraction of sp³-hybridized carbons (Fsp3) is 0.353. The number of nitrogen functional groups attached to an aromatic ring is 1. The average Bonchev–Trinajstić information content (AvgIpc) is 2.65. The second-order valence-electron chi connectivity index (χ2n) is 6.08. The minimum atomic E-state index is -0.454. The van der Waals surface area contributed by atoms with Gasteiger partial charge in [-0.05, 0) is 12.1 Å². The number of carbonyl (C=O) groups is 1. The number of anilines is 2. The molecule has 1 fully saturated rings. The van der Waals surface area contributed by atoms with Gasteiger partial charge in [0.15, 0.2) is 0 Å². The van der Waals surface area contributed by atoms with Gasteiger partial charge in [0.25, 0.3) is 11.5 Å². The number of aromatic nitrogens is 2. The summed E-state index contributed by atoms with van der Waals surface area (Å²) in [6, 6.07) is 9.11. The second-order valence-corrected chi connectivity index (χ2v) is 6.08. The molecule has 0 unspecified atom stereocenters. The van der Waals surface area contributed by atoms with Crippen molar-refractivity contribution in [2.45, 2.75) is 0 Å². The van der Waals surface area contributed by atoms with Gasteiger partial charge in [-0.3, -0.25) is 18.7 Å². The number of benzene rings is 1. The Kier molecular flexibility index (Phi) is 4.35. The summed E-state index contributed by atoms with van der Waals surface area (Å²) < 4.78 is 2.31. The van der Waals surface area contributed by atoms with Crippen molar-refractivity contribution in [2.75, 3.05) is 36.8 Å². The third-order valence-electron chi connectivity index (χ3n) is 4.59. The van der Waals surface area contributed by atoms with Crippen LogP contribution in [0.2, 0.25) is 0 Å². The summed E-state index contributed by atoms with van der Waals surface area (Å²) in [6.07, 6.45) is 0. The van der Waals surface area contributed by atoms with Crippen molar-refractivity contribution in [1.82, 2.24) is 14.0 Å². The SMILES string of the molecule is Cn1c(N)c(N2CCN(C(=O)c3ccccc3)CC2)c(=O)n(C)c1=O. The number of hydrogen-bond donors (Lipinski definition) is 1. The lowest BCUT2D eigenvalue weighted by Gasteiger charge is -2.36. The van der Waals surface area contributed by atoms with Crippen molar-refractivity contribution in [2.24, 2.45) is 14.1 Å². The highest BCUT2D eigenvalue weighted by atomic mass is 16.2. The van der Waals surface area contributed by atoms with Gasteiger partial charge < -0.3 is 15.5 Å². The fourth-order valence-corrected chi connectivity index (χ4v) is 3.04. The Labute approximate surface area is 144 Å². The van der Waals surface area contributed by atoms with Crippen molar-refractivity contribution in [3.8, 4) is 0 Å². The van der Waals surface area contributed by atoms with Crippen LogP contribution < -0.4 is 21.9 Å². The van der Waals surface area contributed by atoms with Crippen LogP contribution in [0.3, 0.4) is 0 Å². The molecule has 0 aliphatic carbocycles. The Morgan fingerprint density at radius 2 is 1.56 bits per heavy atom. The minimum absolute atomic E-state index is 0.0263. The van der Waals surface area contributed by atoms with Crippen molar-refractivity contribution in [3.63, 3.8) is 0 Å². The van der Waals surface area contributed by atoms with Gasteiger partial charge >= 0.3 is 5.69 Å². The summed E-state index contributed by atoms with van der Waals surface area (Å²) in [5.74, 6) is 0.123. The lowest BCUT2D eigenvalue weighted by atomic mass is 10.2. The summed E-state index contributed by atoms with van der Waals surface area (Å²) in [6.45, 7) is 1.94. The van der Waals surface area contributed by atoms with Gasteiger partial charge in [0.2, 0.25) is 0 Å². The van der Waals surface area contributed by atoms with Crippen LogP contribution in [0.25, 0.3) is 0 Å². The molecule has 1 aromatic carbocycles. The van der Waals surface area contributed by atoms with E-state index in [1.807, 2.05) is 23.1 Å². The molecular formula is C17H21N5O3. The molecule has 2 N–H and O–H groups in total. The molecule has 0 radical (unpaired) electrons. The van der Waals surface area contributed by atoms with Crippen molar-refractivity contribution >= 4 is 17.4 Å². The Hall–Kier alpha value is -3.03. The number of amides is 1. The summed E-state index contributed by atoms with van der Waals surface area (Å²) >= 11 is 0. The minimum Gasteiger partial charge on any atom is -0.383 e. The molecule has 0 atom stereocenters. The van der Waals surface area contributed by atoms with Crippen LogP contribution >= 0.6 is 0 Å². The first-order valence-electron chi connectivity index (χ1n) is 8.06. The van der Waals surface area contributed by atoms with Gasteiger partial charge in [-0.1, -0.05) is 18.2 Å². The first-order chi connectivity index (χ1) is 11.9. The van der Waals surface area contributed by atoms with E-state index in [4.69, 9.17) is 5.73 Å². The first-order valence-corrected chi connectivity index (χ1v) is 8.06. The molecule has 25 heavy (non-hydrogen) atoms. The number of rotatable bonds is 2. The highest BCUT2D eigenvalue weighted by Crippen LogP contribution is 2.18. The topological polar surface area (TPSA) is 93.6 Å². The van der Waals surface area contributed by atoms with E-state index in [0.717, 1.165) is 4.57 Å². The maximum atomic E-state index is 12.5. The Morgan fingerprint density at radius 1 is 0.960 bits per heavy atom. The van der Waals surface area contributed by atoms with Crippen LogP contribution in [0.5, 0.6) is 0 Å². The smallest absolute Gasteiger partial charge is 0.332 e. The summed E-state index contributed by atoms with van der Waals surface area (Å²) in [5, 5.41) is 0. The number of hydrogen-bond acceptors (Lipinski definition) is 5. The molecule has 0 spiro atoms. The van der Waals surface area contributed by atoms with Gasteiger partial charge in [-0.2, -0.15) is 0 Å². The molecular weight excluding hydrogens is 322 g/mol. The zero-order valence-corrected chi connectivity index (χ0v) is 14.3. The molecule has 8 heteroatoms. The highest BCUT2D eigenvalue weighted by Gasteiger charge is 2.26. The molecule has 2 aromatic rings.